The van der Waals surface area contributed by atoms with Gasteiger partial charge in [-0.3, -0.25) is 4.79 Å². The highest BCUT2D eigenvalue weighted by Crippen LogP contribution is 1.90. The average molecular weight is 132 g/mol. The van der Waals surface area contributed by atoms with Gasteiger partial charge in [-0.2, -0.15) is 0 Å². The Morgan fingerprint density at radius 1 is 1.56 bits per heavy atom. The topological polar surface area (TPSA) is 63.6 Å². The van der Waals surface area contributed by atoms with E-state index in [4.69, 9.17) is 5.11 Å². The van der Waals surface area contributed by atoms with Gasteiger partial charge in [0.05, 0.1) is 0 Å². The normalized spacial score (nSPS) is 12.7. The largest absolute Gasteiger partial charge is 0.479 e. The van der Waals surface area contributed by atoms with Crippen LogP contribution >= 0.6 is 0 Å². The van der Waals surface area contributed by atoms with Crippen LogP contribution in [0.2, 0.25) is 0 Å². The van der Waals surface area contributed by atoms with E-state index in [1.165, 1.54) is 14.0 Å². The first kappa shape index (κ1) is 8.10. The number of ketones is 1. The lowest BCUT2D eigenvalue weighted by Gasteiger charge is -2.03. The molecule has 0 aliphatic heterocycles. The second-order valence-corrected chi connectivity index (χ2v) is 1.56. The van der Waals surface area contributed by atoms with Gasteiger partial charge in [0, 0.05) is 7.11 Å². The van der Waals surface area contributed by atoms with Crippen molar-refractivity contribution in [2.75, 3.05) is 7.11 Å². The predicted molar refractivity (Wildman–Crippen MR) is 29.1 cm³/mol. The summed E-state index contributed by atoms with van der Waals surface area (Å²) in [6.45, 7) is 1.17. The lowest BCUT2D eigenvalue weighted by molar-refractivity contribution is -0.153. The standard InChI is InChI=1S/C5H8O4/c1-3(6)4(9-2)5(7)8/h4H,1-2H3,(H,7,8)/t4-/m0/s1. The molecule has 0 aliphatic rings. The maximum Gasteiger partial charge on any atom is 0.340 e. The second-order valence-electron chi connectivity index (χ2n) is 1.56. The molecule has 0 saturated heterocycles. The summed E-state index contributed by atoms with van der Waals surface area (Å²) in [6.07, 6.45) is -1.30. The van der Waals surface area contributed by atoms with Crippen LogP contribution in [0.5, 0.6) is 0 Å². The van der Waals surface area contributed by atoms with Crippen LogP contribution in [0.25, 0.3) is 0 Å². The molecule has 0 amide bonds. The zero-order valence-corrected chi connectivity index (χ0v) is 5.25. The SMILES string of the molecule is CO[C@@H](C(C)=O)C(=O)O. The molecule has 0 spiro atoms. The fraction of sp³-hybridized carbons (Fsp3) is 0.600. The quantitative estimate of drug-likeness (QED) is 0.534. The van der Waals surface area contributed by atoms with Crippen LogP contribution in [0.3, 0.4) is 0 Å². The molecular weight excluding hydrogens is 124 g/mol. The fourth-order valence-corrected chi connectivity index (χ4v) is 0.441. The zero-order valence-electron chi connectivity index (χ0n) is 5.25. The van der Waals surface area contributed by atoms with Gasteiger partial charge in [0.1, 0.15) is 0 Å². The Balaban J connectivity index is 3.99. The van der Waals surface area contributed by atoms with Crippen LogP contribution in [-0.2, 0) is 14.3 Å². The van der Waals surface area contributed by atoms with Crippen LogP contribution in [0.4, 0.5) is 0 Å². The minimum absolute atomic E-state index is 0.495. The smallest absolute Gasteiger partial charge is 0.340 e. The summed E-state index contributed by atoms with van der Waals surface area (Å²) in [5.41, 5.74) is 0. The van der Waals surface area contributed by atoms with Gasteiger partial charge in [-0.15, -0.1) is 0 Å². The summed E-state index contributed by atoms with van der Waals surface area (Å²) in [4.78, 5) is 20.3. The van der Waals surface area contributed by atoms with Crippen molar-refractivity contribution in [3.8, 4) is 0 Å². The number of ether oxygens (including phenoxy) is 1. The molecule has 4 nitrogen and oxygen atoms in total. The lowest BCUT2D eigenvalue weighted by atomic mass is 10.2. The molecule has 0 rings (SSSR count). The van der Waals surface area contributed by atoms with Gasteiger partial charge in [0.25, 0.3) is 0 Å². The first-order valence-corrected chi connectivity index (χ1v) is 2.35. The maximum absolute atomic E-state index is 10.3. The van der Waals surface area contributed by atoms with Gasteiger partial charge in [-0.1, -0.05) is 0 Å². The van der Waals surface area contributed by atoms with E-state index in [2.05, 4.69) is 4.74 Å². The number of Topliss-reactive ketones (excluding diaryl/α,β-unsaturated/α-hetero) is 1. The molecule has 0 unspecified atom stereocenters. The van der Waals surface area contributed by atoms with Crippen LogP contribution in [-0.4, -0.2) is 30.1 Å². The molecule has 1 N–H and O–H groups in total. The molecule has 0 aromatic rings. The molecular formula is C5H8O4. The van der Waals surface area contributed by atoms with E-state index >= 15 is 0 Å². The van der Waals surface area contributed by atoms with Crippen LogP contribution < -0.4 is 0 Å². The number of hydrogen-bond donors (Lipinski definition) is 1. The summed E-state index contributed by atoms with van der Waals surface area (Å²) in [5.74, 6) is -1.74. The molecule has 4 heteroatoms. The second kappa shape index (κ2) is 3.19. The fourth-order valence-electron chi connectivity index (χ4n) is 0.441. The Bertz CT molecular complexity index is 115. The molecule has 0 fully saturated rings. The van der Waals surface area contributed by atoms with E-state index in [9.17, 15) is 9.59 Å². The first-order chi connectivity index (χ1) is 4.09. The Kier molecular flexibility index (Phi) is 2.87. The van der Waals surface area contributed by atoms with Crippen LogP contribution in [0.1, 0.15) is 6.92 Å². The number of carbonyl (C=O) groups is 2. The van der Waals surface area contributed by atoms with Crippen molar-refractivity contribution in [3.05, 3.63) is 0 Å². The van der Waals surface area contributed by atoms with Crippen molar-refractivity contribution in [1.82, 2.24) is 0 Å². The number of carboxylic acids is 1. The summed E-state index contributed by atoms with van der Waals surface area (Å²) in [5, 5.41) is 8.20. The molecule has 0 heterocycles. The molecule has 0 saturated carbocycles. The Morgan fingerprint density at radius 3 is 2.00 bits per heavy atom. The minimum atomic E-state index is -1.30. The van der Waals surface area contributed by atoms with Gasteiger partial charge < -0.3 is 9.84 Å². The van der Waals surface area contributed by atoms with E-state index in [0.717, 1.165) is 0 Å². The van der Waals surface area contributed by atoms with E-state index in [1.54, 1.807) is 0 Å². The van der Waals surface area contributed by atoms with Crippen molar-refractivity contribution in [2.24, 2.45) is 0 Å². The molecule has 9 heavy (non-hydrogen) atoms. The third kappa shape index (κ3) is 2.23. The van der Waals surface area contributed by atoms with E-state index in [-0.39, 0.29) is 0 Å². The van der Waals surface area contributed by atoms with Gasteiger partial charge in [0.2, 0.25) is 6.10 Å². The predicted octanol–water partition coefficient (Wildman–Crippen LogP) is -0.325. The van der Waals surface area contributed by atoms with Crippen LogP contribution in [0, 0.1) is 0 Å². The van der Waals surface area contributed by atoms with Gasteiger partial charge in [-0.25, -0.2) is 4.79 Å². The molecule has 52 valence electrons. The van der Waals surface area contributed by atoms with Crippen molar-refractivity contribution in [1.29, 1.82) is 0 Å². The zero-order chi connectivity index (χ0) is 7.44. The molecule has 0 aromatic heterocycles. The summed E-state index contributed by atoms with van der Waals surface area (Å²) < 4.78 is 4.32. The number of methoxy groups -OCH3 is 1. The third-order valence-corrected chi connectivity index (χ3v) is 0.829. The molecule has 0 aliphatic carbocycles. The van der Waals surface area contributed by atoms with Gasteiger partial charge in [-0.05, 0) is 6.92 Å². The molecule has 1 atom stereocenters. The Hall–Kier alpha value is -0.900. The highest BCUT2D eigenvalue weighted by Gasteiger charge is 2.20. The minimum Gasteiger partial charge on any atom is -0.479 e. The van der Waals surface area contributed by atoms with Crippen molar-refractivity contribution in [3.63, 3.8) is 0 Å². The van der Waals surface area contributed by atoms with Gasteiger partial charge in [0.15, 0.2) is 5.78 Å². The van der Waals surface area contributed by atoms with E-state index < -0.39 is 17.9 Å². The summed E-state index contributed by atoms with van der Waals surface area (Å²) in [6, 6.07) is 0. The summed E-state index contributed by atoms with van der Waals surface area (Å²) in [7, 11) is 1.18. The number of carbonyl (C=O) groups excluding carboxylic acids is 1. The summed E-state index contributed by atoms with van der Waals surface area (Å²) >= 11 is 0. The van der Waals surface area contributed by atoms with E-state index in [0.29, 0.717) is 0 Å². The van der Waals surface area contributed by atoms with E-state index in [1.807, 2.05) is 0 Å². The third-order valence-electron chi connectivity index (χ3n) is 0.829. The van der Waals surface area contributed by atoms with Crippen molar-refractivity contribution >= 4 is 11.8 Å². The van der Waals surface area contributed by atoms with Crippen LogP contribution in [0.15, 0.2) is 0 Å². The average Bonchev–Trinajstić information content (AvgIpc) is 1.64. The molecule has 0 bridgehead atoms. The first-order valence-electron chi connectivity index (χ1n) is 2.35. The molecule has 0 radical (unpaired) electrons. The highest BCUT2D eigenvalue weighted by atomic mass is 16.5. The number of rotatable bonds is 3. The maximum atomic E-state index is 10.3. The van der Waals surface area contributed by atoms with Crippen molar-refractivity contribution in [2.45, 2.75) is 13.0 Å². The monoisotopic (exact) mass is 132 g/mol. The highest BCUT2D eigenvalue weighted by molar-refractivity contribution is 5.99. The lowest BCUT2D eigenvalue weighted by Crippen LogP contribution is -2.29. The number of aliphatic carboxylic acids is 1. The Morgan fingerprint density at radius 2 is 2.00 bits per heavy atom. The van der Waals surface area contributed by atoms with Crippen molar-refractivity contribution < 1.29 is 19.4 Å². The molecule has 0 aromatic carbocycles. The number of carboxylic acid groups (broad SMARTS) is 1. The van der Waals surface area contributed by atoms with Gasteiger partial charge >= 0.3 is 5.97 Å². The Labute approximate surface area is 52.4 Å². The number of hydrogen-bond acceptors (Lipinski definition) is 3.